The Morgan fingerprint density at radius 1 is 1.11 bits per heavy atom. The fraction of sp³-hybridized carbons (Fsp3) is 0.583. The lowest BCUT2D eigenvalue weighted by atomic mass is 9.99. The number of carbonyl (C=O) groups is 1. The van der Waals surface area contributed by atoms with E-state index in [9.17, 15) is 18.0 Å². The predicted molar refractivity (Wildman–Crippen MR) is 122 cm³/mol. The summed E-state index contributed by atoms with van der Waals surface area (Å²) in [7, 11) is 1.16. The van der Waals surface area contributed by atoms with Gasteiger partial charge < -0.3 is 24.0 Å². The molecule has 12 heteroatoms. The van der Waals surface area contributed by atoms with Gasteiger partial charge in [0, 0.05) is 45.1 Å². The molecule has 2 aromatic heterocycles. The second-order valence-electron chi connectivity index (χ2n) is 9.22. The summed E-state index contributed by atoms with van der Waals surface area (Å²) >= 11 is 0. The standard InChI is InChI=1S/C24H28F3N5O4/c1-34-22-19(24(25,26)27)10-16(11-28-22)31-7-3-20-18(13-31)21(30-14-29-20)36-17-2-6-32(12-17)23(33)15-4-8-35-9-5-15/h10-11,14-15,17H,2-9,12-13H2,1H3. The number of hydrogen-bond donors (Lipinski definition) is 0. The molecule has 0 N–H and O–H groups in total. The van der Waals surface area contributed by atoms with E-state index < -0.39 is 17.6 Å². The van der Waals surface area contributed by atoms with Gasteiger partial charge in [0.05, 0.1) is 43.3 Å². The van der Waals surface area contributed by atoms with E-state index in [4.69, 9.17) is 14.2 Å². The Labute approximate surface area is 206 Å². The van der Waals surface area contributed by atoms with Crippen LogP contribution in [0.15, 0.2) is 18.6 Å². The maximum absolute atomic E-state index is 13.5. The number of halogens is 3. The van der Waals surface area contributed by atoms with Crippen molar-refractivity contribution in [1.29, 1.82) is 0 Å². The number of hydrogen-bond acceptors (Lipinski definition) is 8. The zero-order valence-corrected chi connectivity index (χ0v) is 20.0. The van der Waals surface area contributed by atoms with Gasteiger partial charge in [0.25, 0.3) is 0 Å². The van der Waals surface area contributed by atoms with E-state index >= 15 is 0 Å². The van der Waals surface area contributed by atoms with Crippen molar-refractivity contribution in [3.05, 3.63) is 35.4 Å². The van der Waals surface area contributed by atoms with Crippen LogP contribution in [0.3, 0.4) is 0 Å². The summed E-state index contributed by atoms with van der Waals surface area (Å²) in [5.41, 5.74) is 0.955. The number of carbonyl (C=O) groups excluding carboxylic acids is 1. The predicted octanol–water partition coefficient (Wildman–Crippen LogP) is 2.87. The minimum absolute atomic E-state index is 0.00226. The third-order valence-corrected chi connectivity index (χ3v) is 6.97. The highest BCUT2D eigenvalue weighted by Gasteiger charge is 2.37. The van der Waals surface area contributed by atoms with Gasteiger partial charge in [0.1, 0.15) is 18.0 Å². The van der Waals surface area contributed by atoms with Gasteiger partial charge in [0.2, 0.25) is 17.7 Å². The lowest BCUT2D eigenvalue weighted by molar-refractivity contribution is -0.139. The number of likely N-dealkylation sites (tertiary alicyclic amines) is 1. The van der Waals surface area contributed by atoms with Crippen molar-refractivity contribution in [3.63, 3.8) is 0 Å². The molecule has 3 aliphatic heterocycles. The summed E-state index contributed by atoms with van der Waals surface area (Å²) in [6.45, 7) is 3.09. The molecule has 1 atom stereocenters. The molecular weight excluding hydrogens is 479 g/mol. The lowest BCUT2D eigenvalue weighted by Crippen LogP contribution is -2.38. The first-order valence-electron chi connectivity index (χ1n) is 12.1. The van der Waals surface area contributed by atoms with Gasteiger partial charge in [-0.1, -0.05) is 0 Å². The zero-order valence-electron chi connectivity index (χ0n) is 20.0. The maximum Gasteiger partial charge on any atom is 0.421 e. The molecule has 5 rings (SSSR count). The topological polar surface area (TPSA) is 89.9 Å². The Kier molecular flexibility index (Phi) is 6.87. The highest BCUT2D eigenvalue weighted by atomic mass is 19.4. The molecule has 0 aliphatic carbocycles. The van der Waals surface area contributed by atoms with Gasteiger partial charge in [-0.3, -0.25) is 4.79 Å². The summed E-state index contributed by atoms with van der Waals surface area (Å²) < 4.78 is 56.9. The first-order chi connectivity index (χ1) is 17.3. The SMILES string of the molecule is COc1ncc(N2CCc3ncnc(OC4CCN(C(=O)C5CCOCC5)C4)c3C2)cc1C(F)(F)F. The van der Waals surface area contributed by atoms with Crippen molar-refractivity contribution in [2.75, 3.05) is 44.9 Å². The van der Waals surface area contributed by atoms with Crippen molar-refractivity contribution in [1.82, 2.24) is 19.9 Å². The van der Waals surface area contributed by atoms with E-state index in [-0.39, 0.29) is 24.5 Å². The summed E-state index contributed by atoms with van der Waals surface area (Å²) in [6.07, 6.45) is 0.729. The third kappa shape index (κ3) is 5.04. The fourth-order valence-electron chi connectivity index (χ4n) is 5.00. The van der Waals surface area contributed by atoms with E-state index in [0.29, 0.717) is 57.3 Å². The number of anilines is 1. The Bertz CT molecular complexity index is 1110. The molecule has 9 nitrogen and oxygen atoms in total. The quantitative estimate of drug-likeness (QED) is 0.611. The smallest absolute Gasteiger partial charge is 0.421 e. The van der Waals surface area contributed by atoms with Crippen LogP contribution in [0.2, 0.25) is 0 Å². The highest BCUT2D eigenvalue weighted by Crippen LogP contribution is 2.38. The minimum Gasteiger partial charge on any atom is -0.481 e. The molecule has 5 heterocycles. The van der Waals surface area contributed by atoms with Crippen LogP contribution in [0, 0.1) is 5.92 Å². The van der Waals surface area contributed by atoms with Crippen LogP contribution in [0.25, 0.3) is 0 Å². The van der Waals surface area contributed by atoms with E-state index in [1.807, 2.05) is 4.90 Å². The summed E-state index contributed by atoms with van der Waals surface area (Å²) in [5, 5.41) is 0. The van der Waals surface area contributed by atoms with Crippen LogP contribution in [0.5, 0.6) is 11.8 Å². The zero-order chi connectivity index (χ0) is 25.3. The van der Waals surface area contributed by atoms with Crippen molar-refractivity contribution < 1.29 is 32.2 Å². The molecule has 0 spiro atoms. The van der Waals surface area contributed by atoms with Crippen molar-refractivity contribution >= 4 is 11.6 Å². The molecule has 0 saturated carbocycles. The van der Waals surface area contributed by atoms with Gasteiger partial charge >= 0.3 is 6.18 Å². The molecule has 0 bridgehead atoms. The van der Waals surface area contributed by atoms with Gasteiger partial charge in [-0.15, -0.1) is 0 Å². The van der Waals surface area contributed by atoms with Gasteiger partial charge in [-0.2, -0.15) is 13.2 Å². The number of nitrogens with zero attached hydrogens (tertiary/aromatic N) is 5. The molecular formula is C24H28F3N5O4. The Morgan fingerprint density at radius 2 is 1.92 bits per heavy atom. The van der Waals surface area contributed by atoms with E-state index in [2.05, 4.69) is 15.0 Å². The van der Waals surface area contributed by atoms with Crippen LogP contribution < -0.4 is 14.4 Å². The van der Waals surface area contributed by atoms with Gasteiger partial charge in [-0.05, 0) is 18.9 Å². The molecule has 2 fully saturated rings. The van der Waals surface area contributed by atoms with Crippen LogP contribution in [-0.4, -0.2) is 71.8 Å². The largest absolute Gasteiger partial charge is 0.481 e. The molecule has 0 aromatic carbocycles. The van der Waals surface area contributed by atoms with E-state index in [0.717, 1.165) is 37.3 Å². The highest BCUT2D eigenvalue weighted by molar-refractivity contribution is 5.79. The fourth-order valence-corrected chi connectivity index (χ4v) is 5.00. The summed E-state index contributed by atoms with van der Waals surface area (Å²) in [6, 6.07) is 1.05. The molecule has 3 aliphatic rings. The monoisotopic (exact) mass is 507 g/mol. The summed E-state index contributed by atoms with van der Waals surface area (Å²) in [5.74, 6) is 0.0926. The van der Waals surface area contributed by atoms with Crippen molar-refractivity contribution in [2.45, 2.75) is 44.5 Å². The number of amides is 1. The van der Waals surface area contributed by atoms with Crippen LogP contribution >= 0.6 is 0 Å². The van der Waals surface area contributed by atoms with Gasteiger partial charge in [-0.25, -0.2) is 15.0 Å². The number of pyridine rings is 1. The van der Waals surface area contributed by atoms with Crippen molar-refractivity contribution in [3.8, 4) is 11.8 Å². The molecule has 194 valence electrons. The lowest BCUT2D eigenvalue weighted by Gasteiger charge is -2.31. The van der Waals surface area contributed by atoms with Gasteiger partial charge in [0.15, 0.2) is 0 Å². The van der Waals surface area contributed by atoms with Crippen LogP contribution in [0.4, 0.5) is 18.9 Å². The van der Waals surface area contributed by atoms with Crippen LogP contribution in [0.1, 0.15) is 36.1 Å². The first kappa shape index (κ1) is 24.5. The van der Waals surface area contributed by atoms with Crippen LogP contribution in [-0.2, 0) is 28.7 Å². The second-order valence-corrected chi connectivity index (χ2v) is 9.22. The number of ether oxygens (including phenoxy) is 3. The average molecular weight is 508 g/mol. The number of methoxy groups -OCH3 is 1. The molecule has 0 radical (unpaired) electrons. The maximum atomic E-state index is 13.5. The number of aromatic nitrogens is 3. The third-order valence-electron chi connectivity index (χ3n) is 6.97. The molecule has 1 unspecified atom stereocenters. The first-order valence-corrected chi connectivity index (χ1v) is 12.1. The molecule has 36 heavy (non-hydrogen) atoms. The summed E-state index contributed by atoms with van der Waals surface area (Å²) in [4.78, 5) is 29.1. The van der Waals surface area contributed by atoms with E-state index in [1.54, 1.807) is 4.90 Å². The number of fused-ring (bicyclic) bond motifs is 1. The number of alkyl halides is 3. The number of rotatable bonds is 5. The van der Waals surface area contributed by atoms with E-state index in [1.165, 1.54) is 12.5 Å². The minimum atomic E-state index is -4.59. The Balaban J connectivity index is 1.30. The average Bonchev–Trinajstić information content (AvgIpc) is 3.36. The molecule has 1 amide bonds. The normalized spacial score (nSPS) is 20.8. The Hall–Kier alpha value is -3.15. The van der Waals surface area contributed by atoms with Crippen molar-refractivity contribution in [2.24, 2.45) is 5.92 Å². The second kappa shape index (κ2) is 10.1. The molecule has 2 saturated heterocycles. The molecule has 2 aromatic rings. The Morgan fingerprint density at radius 3 is 2.67 bits per heavy atom.